The highest BCUT2D eigenvalue weighted by molar-refractivity contribution is 6.31. The van der Waals surface area contributed by atoms with Crippen LogP contribution in [-0.4, -0.2) is 46.9 Å². The van der Waals surface area contributed by atoms with Gasteiger partial charge in [0.1, 0.15) is 11.6 Å². The van der Waals surface area contributed by atoms with Crippen molar-refractivity contribution in [3.63, 3.8) is 0 Å². The van der Waals surface area contributed by atoms with Gasteiger partial charge in [-0.05, 0) is 52.0 Å². The molecule has 0 bridgehead atoms. The number of anilines is 2. The van der Waals surface area contributed by atoms with Gasteiger partial charge in [0.15, 0.2) is 5.76 Å². The number of pyridine rings is 2. The number of nitrogens with zero attached hydrogens (tertiary/aromatic N) is 3. The van der Waals surface area contributed by atoms with Crippen LogP contribution < -0.4 is 10.6 Å². The lowest BCUT2D eigenvalue weighted by Gasteiger charge is -2.15. The molecular weight excluding hydrogens is 606 g/mol. The first-order valence-electron chi connectivity index (χ1n) is 12.1. The Balaban J connectivity index is 0.000000357. The molecule has 0 aromatic carbocycles. The molecule has 2 aromatic rings. The zero-order valence-electron chi connectivity index (χ0n) is 22.9. The molecular formula is C27H28F6N4O7. The van der Waals surface area contributed by atoms with Gasteiger partial charge >= 0.3 is 30.2 Å². The van der Waals surface area contributed by atoms with Crippen LogP contribution in [-0.2, 0) is 45.7 Å². The fourth-order valence-electron chi connectivity index (χ4n) is 3.25. The van der Waals surface area contributed by atoms with Gasteiger partial charge in [-0.2, -0.15) is 26.3 Å². The van der Waals surface area contributed by atoms with Crippen molar-refractivity contribution in [3.8, 4) is 0 Å². The fourth-order valence-corrected chi connectivity index (χ4v) is 3.25. The first-order valence-corrected chi connectivity index (χ1v) is 12.1. The minimum absolute atomic E-state index is 0. The van der Waals surface area contributed by atoms with E-state index in [1.54, 1.807) is 13.8 Å². The van der Waals surface area contributed by atoms with Crippen LogP contribution in [0.15, 0.2) is 59.3 Å². The molecule has 0 unspecified atom stereocenters. The van der Waals surface area contributed by atoms with E-state index in [1.807, 2.05) is 0 Å². The number of hydrogen-bond donors (Lipinski definition) is 1. The normalized spacial score (nSPS) is 14.8. The minimum atomic E-state index is -4.59. The summed E-state index contributed by atoms with van der Waals surface area (Å²) in [7, 11) is 0. The Labute approximate surface area is 247 Å². The van der Waals surface area contributed by atoms with Gasteiger partial charge in [0.2, 0.25) is 5.76 Å². The summed E-state index contributed by atoms with van der Waals surface area (Å²) < 4.78 is 87.9. The van der Waals surface area contributed by atoms with E-state index in [0.29, 0.717) is 17.6 Å². The molecule has 2 aromatic heterocycles. The quantitative estimate of drug-likeness (QED) is 0.206. The maximum atomic E-state index is 12.7. The number of imide groups is 1. The second kappa shape index (κ2) is 15.0. The van der Waals surface area contributed by atoms with Crippen molar-refractivity contribution in [2.75, 3.05) is 23.8 Å². The van der Waals surface area contributed by atoms with Gasteiger partial charge in [0, 0.05) is 12.4 Å². The number of hydrogen-bond acceptors (Lipinski definition) is 10. The largest absolute Gasteiger partial charge is 0.488 e. The molecule has 2 amide bonds. The van der Waals surface area contributed by atoms with Crippen LogP contribution in [0.25, 0.3) is 0 Å². The zero-order chi connectivity index (χ0) is 32.7. The Bertz CT molecular complexity index is 1470. The van der Waals surface area contributed by atoms with Crippen LogP contribution in [0.3, 0.4) is 0 Å². The van der Waals surface area contributed by atoms with Crippen LogP contribution in [0.2, 0.25) is 0 Å². The molecule has 11 nitrogen and oxygen atoms in total. The highest BCUT2D eigenvalue weighted by atomic mass is 19.4. The standard InChI is InChI=1S/C13H11F3N2O3.C7H8O4.C6H5F3N2.CH4/c1-3-21-10-7(2)11(19)18(12(10)20)9-6-8(4-5-17-9)13(14,15)16;1-3-10-5-4(2)6(8)11-7(5)9;7-6(8,9)4-1-2-11-5(10)3-4;/h4-6H,3H2,1-2H3;3H2,1-2H3;1-3H,(H2,10,11);1H4. The number of cyclic esters (lactones) is 2. The summed E-state index contributed by atoms with van der Waals surface area (Å²) in [6.45, 7) is 6.75. The number of carbonyl (C=O) groups is 4. The van der Waals surface area contributed by atoms with Gasteiger partial charge in [-0.25, -0.2) is 24.5 Å². The van der Waals surface area contributed by atoms with Gasteiger partial charge in [-0.1, -0.05) is 7.43 Å². The molecule has 0 aliphatic carbocycles. The number of ether oxygens (including phenoxy) is 3. The average Bonchev–Trinajstić information content (AvgIpc) is 3.29. The maximum absolute atomic E-state index is 12.7. The molecule has 4 heterocycles. The van der Waals surface area contributed by atoms with Gasteiger partial charge in [0.05, 0.1) is 35.5 Å². The third-order valence-electron chi connectivity index (χ3n) is 5.27. The lowest BCUT2D eigenvalue weighted by molar-refractivity contribution is -0.152. The van der Waals surface area contributed by atoms with E-state index in [1.165, 1.54) is 13.8 Å². The molecule has 0 atom stereocenters. The van der Waals surface area contributed by atoms with Crippen LogP contribution in [0, 0.1) is 0 Å². The van der Waals surface area contributed by atoms with Crippen LogP contribution in [0.4, 0.5) is 38.0 Å². The molecule has 44 heavy (non-hydrogen) atoms. The predicted octanol–water partition coefficient (Wildman–Crippen LogP) is 4.98. The summed E-state index contributed by atoms with van der Waals surface area (Å²) in [6.07, 6.45) is -7.00. The summed E-state index contributed by atoms with van der Waals surface area (Å²) in [6, 6.07) is 3.08. The Morgan fingerprint density at radius 1 is 0.773 bits per heavy atom. The first kappa shape index (κ1) is 37.1. The molecule has 0 spiro atoms. The van der Waals surface area contributed by atoms with E-state index in [0.717, 1.165) is 30.6 Å². The zero-order valence-corrected chi connectivity index (χ0v) is 22.9. The molecule has 4 rings (SSSR count). The van der Waals surface area contributed by atoms with Crippen LogP contribution >= 0.6 is 0 Å². The summed E-state index contributed by atoms with van der Waals surface area (Å²) >= 11 is 0. The maximum Gasteiger partial charge on any atom is 0.416 e. The number of rotatable bonds is 5. The van der Waals surface area contributed by atoms with E-state index in [9.17, 15) is 45.5 Å². The fraction of sp³-hybridized carbons (Fsp3) is 0.333. The van der Waals surface area contributed by atoms with Crippen molar-refractivity contribution in [1.29, 1.82) is 0 Å². The molecule has 0 saturated heterocycles. The summed E-state index contributed by atoms with van der Waals surface area (Å²) in [5.41, 5.74) is 3.57. The molecule has 2 aliphatic heterocycles. The topological polar surface area (TPSA) is 151 Å². The molecule has 17 heteroatoms. The highest BCUT2D eigenvalue weighted by Gasteiger charge is 2.40. The SMILES string of the molecule is C.CCOC1=C(C)C(=O)N(c2cc(C(F)(F)F)ccn2)C1=O.CCOC1=C(C)C(=O)OC1=O.Nc1cc(C(F)(F)F)ccn1. The van der Waals surface area contributed by atoms with Crippen LogP contribution in [0.1, 0.15) is 46.2 Å². The Morgan fingerprint density at radius 3 is 1.70 bits per heavy atom. The Kier molecular flexibility index (Phi) is 12.6. The second-order valence-electron chi connectivity index (χ2n) is 8.26. The highest BCUT2D eigenvalue weighted by Crippen LogP contribution is 2.33. The van der Waals surface area contributed by atoms with Gasteiger partial charge in [-0.3, -0.25) is 9.59 Å². The van der Waals surface area contributed by atoms with E-state index in [4.69, 9.17) is 15.2 Å². The molecule has 2 aliphatic rings. The average molecular weight is 635 g/mol. The van der Waals surface area contributed by atoms with E-state index < -0.39 is 47.2 Å². The van der Waals surface area contributed by atoms with Gasteiger partial charge < -0.3 is 19.9 Å². The number of aromatic nitrogens is 2. The summed E-state index contributed by atoms with van der Waals surface area (Å²) in [5.74, 6) is -3.48. The predicted molar refractivity (Wildman–Crippen MR) is 142 cm³/mol. The van der Waals surface area contributed by atoms with Gasteiger partial charge in [0.25, 0.3) is 5.91 Å². The number of alkyl halides is 6. The smallest absolute Gasteiger partial charge is 0.416 e. The minimum Gasteiger partial charge on any atom is -0.488 e. The Morgan fingerprint density at radius 2 is 1.27 bits per heavy atom. The van der Waals surface area contributed by atoms with Crippen molar-refractivity contribution in [3.05, 3.63) is 70.5 Å². The number of amides is 2. The third-order valence-corrected chi connectivity index (χ3v) is 5.27. The third kappa shape index (κ3) is 9.02. The summed E-state index contributed by atoms with van der Waals surface area (Å²) in [4.78, 5) is 53.2. The number of nitrogens with two attached hydrogens (primary N) is 1. The lowest BCUT2D eigenvalue weighted by atomic mass is 10.2. The molecule has 0 radical (unpaired) electrons. The van der Waals surface area contributed by atoms with Crippen molar-refractivity contribution in [2.24, 2.45) is 0 Å². The van der Waals surface area contributed by atoms with Crippen molar-refractivity contribution in [2.45, 2.75) is 47.5 Å². The molecule has 0 saturated carbocycles. The van der Waals surface area contributed by atoms with E-state index in [-0.39, 0.29) is 48.3 Å². The van der Waals surface area contributed by atoms with E-state index in [2.05, 4.69) is 14.7 Å². The first-order chi connectivity index (χ1) is 19.9. The van der Waals surface area contributed by atoms with Gasteiger partial charge in [-0.15, -0.1) is 0 Å². The second-order valence-corrected chi connectivity index (χ2v) is 8.26. The van der Waals surface area contributed by atoms with Crippen molar-refractivity contribution < 1.29 is 59.7 Å². The number of halogens is 6. The Hall–Kier alpha value is -4.96. The van der Waals surface area contributed by atoms with Crippen molar-refractivity contribution in [1.82, 2.24) is 9.97 Å². The number of esters is 2. The number of carbonyl (C=O) groups excluding carboxylic acids is 4. The monoisotopic (exact) mass is 634 g/mol. The van der Waals surface area contributed by atoms with Crippen LogP contribution in [0.5, 0.6) is 0 Å². The van der Waals surface area contributed by atoms with Crippen molar-refractivity contribution >= 4 is 35.4 Å². The molecule has 0 fully saturated rings. The number of nitrogen functional groups attached to an aromatic ring is 1. The lowest BCUT2D eigenvalue weighted by Crippen LogP contribution is -2.32. The summed E-state index contributed by atoms with van der Waals surface area (Å²) in [5, 5.41) is 0. The molecule has 240 valence electrons. The van der Waals surface area contributed by atoms with E-state index >= 15 is 0 Å². The molecule has 2 N–H and O–H groups in total.